The van der Waals surface area contributed by atoms with E-state index in [4.69, 9.17) is 0 Å². The lowest BCUT2D eigenvalue weighted by Crippen LogP contribution is -2.47. The van der Waals surface area contributed by atoms with Crippen molar-refractivity contribution in [1.82, 2.24) is 14.9 Å². The average Bonchev–Trinajstić information content (AvgIpc) is 2.92. The second-order valence-electron chi connectivity index (χ2n) is 7.46. The molecule has 9 heteroatoms. The predicted molar refractivity (Wildman–Crippen MR) is 111 cm³/mol. The molecule has 28 heavy (non-hydrogen) atoms. The number of nitrogens with zero attached hydrogens (tertiary/aromatic N) is 2. The van der Waals surface area contributed by atoms with Crippen molar-refractivity contribution >= 4 is 38.4 Å². The number of carbonyl (C=O) groups excluding carboxylic acids is 1. The molecule has 2 heterocycles. The van der Waals surface area contributed by atoms with E-state index in [0.717, 1.165) is 12.8 Å². The van der Waals surface area contributed by atoms with Crippen molar-refractivity contribution in [2.45, 2.75) is 50.4 Å². The first-order valence-electron chi connectivity index (χ1n) is 9.37. The number of amides is 1. The highest BCUT2D eigenvalue weighted by Crippen LogP contribution is 2.24. The minimum Gasteiger partial charge on any atom is -0.349 e. The number of unbranched alkanes of at least 4 members (excludes halogenated alkanes) is 1. The first kappa shape index (κ1) is 20.9. The monoisotopic (exact) mass is 423 g/mol. The minimum absolute atomic E-state index is 0.0359. The van der Waals surface area contributed by atoms with E-state index in [1.54, 1.807) is 23.6 Å². The largest absolute Gasteiger partial charge is 0.349 e. The van der Waals surface area contributed by atoms with Crippen LogP contribution in [-0.4, -0.2) is 46.7 Å². The molecule has 152 valence electrons. The Morgan fingerprint density at radius 2 is 2.11 bits per heavy atom. The standard InChI is InChI=1S/C19H25N3O4S2/c1-3-4-10-22-17(24)14-7-5-6-8-15(14)20-18(22)27-12-16(23)21-19(2)9-11-28(25,26)13-19/h5-8H,3-4,9-13H2,1-2H3,(H,21,23)/t19-/m0/s1. The third kappa shape index (κ3) is 4.75. The van der Waals surface area contributed by atoms with Crippen LogP contribution in [0.25, 0.3) is 10.9 Å². The summed E-state index contributed by atoms with van der Waals surface area (Å²) in [5.74, 6) is -0.119. The summed E-state index contributed by atoms with van der Waals surface area (Å²) >= 11 is 1.21. The molecule has 7 nitrogen and oxygen atoms in total. The number of benzene rings is 1. The van der Waals surface area contributed by atoms with Crippen LogP contribution in [0, 0.1) is 0 Å². The number of hydrogen-bond donors (Lipinski definition) is 1. The summed E-state index contributed by atoms with van der Waals surface area (Å²) in [7, 11) is -3.09. The number of carbonyl (C=O) groups is 1. The second-order valence-corrected chi connectivity index (χ2v) is 10.6. The normalized spacial score (nSPS) is 21.1. The predicted octanol–water partition coefficient (Wildman–Crippen LogP) is 1.98. The van der Waals surface area contributed by atoms with Gasteiger partial charge in [-0.1, -0.05) is 37.2 Å². The van der Waals surface area contributed by atoms with Crippen molar-refractivity contribution in [3.8, 4) is 0 Å². The van der Waals surface area contributed by atoms with Gasteiger partial charge in [-0.15, -0.1) is 0 Å². The Hall–Kier alpha value is -1.87. The summed E-state index contributed by atoms with van der Waals surface area (Å²) in [6.45, 7) is 4.36. The zero-order valence-corrected chi connectivity index (χ0v) is 17.7. The molecule has 1 aromatic carbocycles. The van der Waals surface area contributed by atoms with Gasteiger partial charge in [0, 0.05) is 6.54 Å². The third-order valence-corrected chi connectivity index (χ3v) is 7.72. The molecule has 1 aromatic heterocycles. The number of sulfone groups is 1. The fraction of sp³-hybridized carbons (Fsp3) is 0.526. The van der Waals surface area contributed by atoms with Gasteiger partial charge in [0.25, 0.3) is 5.56 Å². The number of rotatable bonds is 7. The van der Waals surface area contributed by atoms with E-state index in [2.05, 4.69) is 17.2 Å². The van der Waals surface area contributed by atoms with Gasteiger partial charge in [-0.2, -0.15) is 0 Å². The lowest BCUT2D eigenvalue weighted by atomic mass is 10.0. The van der Waals surface area contributed by atoms with Gasteiger partial charge in [0.1, 0.15) is 0 Å². The van der Waals surface area contributed by atoms with Crippen LogP contribution in [0.3, 0.4) is 0 Å². The average molecular weight is 424 g/mol. The molecule has 1 atom stereocenters. The van der Waals surface area contributed by atoms with Crippen molar-refractivity contribution in [3.63, 3.8) is 0 Å². The fourth-order valence-electron chi connectivity index (χ4n) is 3.38. The van der Waals surface area contributed by atoms with Crippen molar-refractivity contribution in [3.05, 3.63) is 34.6 Å². The van der Waals surface area contributed by atoms with Gasteiger partial charge in [0.2, 0.25) is 5.91 Å². The number of hydrogen-bond acceptors (Lipinski definition) is 6. The second kappa shape index (κ2) is 8.24. The zero-order valence-electron chi connectivity index (χ0n) is 16.1. The number of thioether (sulfide) groups is 1. The Bertz CT molecular complexity index is 1050. The van der Waals surface area contributed by atoms with E-state index in [9.17, 15) is 18.0 Å². The maximum atomic E-state index is 12.8. The van der Waals surface area contributed by atoms with Crippen molar-refractivity contribution in [2.75, 3.05) is 17.3 Å². The number of aromatic nitrogens is 2. The molecule has 0 bridgehead atoms. The van der Waals surface area contributed by atoms with Crippen molar-refractivity contribution < 1.29 is 13.2 Å². The molecule has 2 aromatic rings. The first-order valence-corrected chi connectivity index (χ1v) is 12.2. The van der Waals surface area contributed by atoms with Crippen molar-refractivity contribution in [1.29, 1.82) is 0 Å². The molecule has 0 saturated carbocycles. The number of fused-ring (bicyclic) bond motifs is 1. The van der Waals surface area contributed by atoms with Crippen LogP contribution < -0.4 is 10.9 Å². The topological polar surface area (TPSA) is 98.1 Å². The first-order chi connectivity index (χ1) is 13.2. The van der Waals surface area contributed by atoms with E-state index in [-0.39, 0.29) is 28.7 Å². The molecule has 1 aliphatic heterocycles. The molecule has 1 N–H and O–H groups in total. The van der Waals surface area contributed by atoms with Gasteiger partial charge in [-0.25, -0.2) is 13.4 Å². The van der Waals surface area contributed by atoms with E-state index in [1.165, 1.54) is 11.8 Å². The molecular weight excluding hydrogens is 398 g/mol. The van der Waals surface area contributed by atoms with Crippen LogP contribution in [0.5, 0.6) is 0 Å². The maximum absolute atomic E-state index is 12.8. The Morgan fingerprint density at radius 3 is 2.79 bits per heavy atom. The van der Waals surface area contributed by atoms with E-state index in [1.807, 2.05) is 12.1 Å². The van der Waals surface area contributed by atoms with Gasteiger partial charge in [-0.3, -0.25) is 14.2 Å². The molecule has 1 saturated heterocycles. The van der Waals surface area contributed by atoms with Gasteiger partial charge < -0.3 is 5.32 Å². The van der Waals surface area contributed by atoms with Gasteiger partial charge >= 0.3 is 0 Å². The van der Waals surface area contributed by atoms with Crippen LogP contribution in [0.1, 0.15) is 33.1 Å². The lowest BCUT2D eigenvalue weighted by molar-refractivity contribution is -0.120. The van der Waals surface area contributed by atoms with Crippen LogP contribution >= 0.6 is 11.8 Å². The summed E-state index contributed by atoms with van der Waals surface area (Å²) in [4.78, 5) is 29.8. The summed E-state index contributed by atoms with van der Waals surface area (Å²) in [5.41, 5.74) is -0.220. The molecule has 1 amide bonds. The molecule has 1 fully saturated rings. The smallest absolute Gasteiger partial charge is 0.262 e. The summed E-state index contributed by atoms with van der Waals surface area (Å²) in [5, 5.41) is 3.92. The van der Waals surface area contributed by atoms with Gasteiger partial charge in [-0.05, 0) is 31.9 Å². The van der Waals surface area contributed by atoms with Crippen LogP contribution in [0.15, 0.2) is 34.2 Å². The molecule has 0 radical (unpaired) electrons. The highest BCUT2D eigenvalue weighted by Gasteiger charge is 2.39. The van der Waals surface area contributed by atoms with Crippen LogP contribution in [0.2, 0.25) is 0 Å². The van der Waals surface area contributed by atoms with Crippen LogP contribution in [0.4, 0.5) is 0 Å². The molecule has 0 spiro atoms. The van der Waals surface area contributed by atoms with Gasteiger partial charge in [0.15, 0.2) is 15.0 Å². The Morgan fingerprint density at radius 1 is 1.36 bits per heavy atom. The molecule has 1 aliphatic rings. The maximum Gasteiger partial charge on any atom is 0.262 e. The fourth-order valence-corrected chi connectivity index (χ4v) is 6.30. The van der Waals surface area contributed by atoms with E-state index >= 15 is 0 Å². The van der Waals surface area contributed by atoms with Crippen LogP contribution in [-0.2, 0) is 21.2 Å². The Kier molecular flexibility index (Phi) is 6.14. The summed E-state index contributed by atoms with van der Waals surface area (Å²) in [6.07, 6.45) is 2.20. The highest BCUT2D eigenvalue weighted by atomic mass is 32.2. The number of para-hydroxylation sites is 1. The SMILES string of the molecule is CCCCn1c(SCC(=O)N[C@@]2(C)CCS(=O)(=O)C2)nc2ccccc2c1=O. The Balaban J connectivity index is 1.77. The number of nitrogens with one attached hydrogen (secondary N) is 1. The zero-order chi connectivity index (χ0) is 20.4. The van der Waals surface area contributed by atoms with E-state index in [0.29, 0.717) is 29.0 Å². The lowest BCUT2D eigenvalue weighted by Gasteiger charge is -2.23. The molecular formula is C19H25N3O4S2. The summed E-state index contributed by atoms with van der Waals surface area (Å²) in [6, 6.07) is 7.19. The highest BCUT2D eigenvalue weighted by molar-refractivity contribution is 7.99. The van der Waals surface area contributed by atoms with Gasteiger partial charge in [0.05, 0.1) is 33.7 Å². The minimum atomic E-state index is -3.09. The quantitative estimate of drug-likeness (QED) is 0.540. The Labute approximate surface area is 168 Å². The van der Waals surface area contributed by atoms with E-state index < -0.39 is 15.4 Å². The van der Waals surface area contributed by atoms with Crippen molar-refractivity contribution in [2.24, 2.45) is 0 Å². The molecule has 0 aliphatic carbocycles. The molecule has 0 unspecified atom stereocenters. The molecule has 3 rings (SSSR count). The third-order valence-electron chi connectivity index (χ3n) is 4.84. The summed E-state index contributed by atoms with van der Waals surface area (Å²) < 4.78 is 25.0.